The lowest BCUT2D eigenvalue weighted by Gasteiger charge is -2.38. The molecule has 0 fully saturated rings. The minimum absolute atomic E-state index is 0.132. The van der Waals surface area contributed by atoms with E-state index in [9.17, 15) is 0 Å². The fraction of sp³-hybridized carbons (Fsp3) is 0.148. The summed E-state index contributed by atoms with van der Waals surface area (Å²) in [5.74, 6) is 0. The Bertz CT molecular complexity index is 2600. The van der Waals surface area contributed by atoms with Crippen LogP contribution in [0.5, 0.6) is 0 Å². The van der Waals surface area contributed by atoms with Gasteiger partial charge in [-0.15, -0.1) is 0 Å². The molecule has 0 aromatic heterocycles. The molecule has 0 amide bonds. The highest BCUT2D eigenvalue weighted by Gasteiger charge is 2.37. The zero-order valence-electron chi connectivity index (χ0n) is 33.1. The molecular weight excluding hydrogens is 705 g/mol. The highest BCUT2D eigenvalue weighted by atomic mass is 28.3. The fourth-order valence-electron chi connectivity index (χ4n) is 9.62. The number of fused-ring (bicyclic) bond motifs is 7. The van der Waals surface area contributed by atoms with E-state index in [1.807, 2.05) is 0 Å². The quantitative estimate of drug-likeness (QED) is 0.0866. The van der Waals surface area contributed by atoms with Crippen molar-refractivity contribution in [2.45, 2.75) is 51.5 Å². The molecule has 278 valence electrons. The molecule has 0 radical (unpaired) electrons. The van der Waals surface area contributed by atoms with Gasteiger partial charge < -0.3 is 9.80 Å². The Morgan fingerprint density at radius 2 is 0.982 bits per heavy atom. The van der Waals surface area contributed by atoms with Crippen LogP contribution in [0.2, 0.25) is 6.04 Å². The molecule has 0 atom stereocenters. The van der Waals surface area contributed by atoms with Gasteiger partial charge in [0.1, 0.15) is 8.80 Å². The van der Waals surface area contributed by atoms with E-state index in [0.717, 1.165) is 5.69 Å². The van der Waals surface area contributed by atoms with Gasteiger partial charge in [0.15, 0.2) is 0 Å². The fourth-order valence-corrected chi connectivity index (χ4v) is 13.1. The van der Waals surface area contributed by atoms with E-state index in [1.165, 1.54) is 98.3 Å². The van der Waals surface area contributed by atoms with Crippen molar-refractivity contribution in [2.75, 3.05) is 9.80 Å². The van der Waals surface area contributed by atoms with E-state index in [-0.39, 0.29) is 5.41 Å². The van der Waals surface area contributed by atoms with Crippen molar-refractivity contribution in [1.29, 1.82) is 0 Å². The molecule has 0 saturated heterocycles. The first-order valence-electron chi connectivity index (χ1n) is 20.7. The molecule has 0 saturated carbocycles. The Morgan fingerprint density at radius 3 is 1.61 bits per heavy atom. The molecule has 10 rings (SSSR count). The molecule has 7 aromatic rings. The lowest BCUT2D eigenvalue weighted by Crippen LogP contribution is -2.49. The Labute approximate surface area is 339 Å². The number of nitrogens with zero attached hydrogens (tertiary/aromatic N) is 2. The van der Waals surface area contributed by atoms with Gasteiger partial charge in [0.05, 0.1) is 11.4 Å². The van der Waals surface area contributed by atoms with Crippen molar-refractivity contribution < 1.29 is 0 Å². The minimum Gasteiger partial charge on any atom is -0.311 e. The Kier molecular flexibility index (Phi) is 8.91. The second kappa shape index (κ2) is 14.4. The third kappa shape index (κ3) is 6.09. The zero-order valence-corrected chi connectivity index (χ0v) is 34.3. The molecule has 2 heterocycles. The molecule has 0 bridgehead atoms. The van der Waals surface area contributed by atoms with Crippen LogP contribution in [-0.2, 0) is 5.41 Å². The van der Waals surface area contributed by atoms with Gasteiger partial charge in [0.2, 0.25) is 0 Å². The second-order valence-electron chi connectivity index (χ2n) is 16.4. The van der Waals surface area contributed by atoms with E-state index >= 15 is 0 Å². The van der Waals surface area contributed by atoms with Crippen LogP contribution in [0, 0.1) is 0 Å². The van der Waals surface area contributed by atoms with E-state index in [1.54, 1.807) is 10.4 Å². The summed E-state index contributed by atoms with van der Waals surface area (Å²) in [6, 6.07) is 60.3. The Hall–Kier alpha value is -6.16. The van der Waals surface area contributed by atoms with Crippen molar-refractivity contribution in [2.24, 2.45) is 0 Å². The lowest BCUT2D eigenvalue weighted by atomic mass is 9.81. The first-order chi connectivity index (χ1) is 28.0. The molecule has 57 heavy (non-hydrogen) atoms. The first kappa shape index (κ1) is 35.3. The van der Waals surface area contributed by atoms with Crippen LogP contribution in [0.4, 0.5) is 34.1 Å². The van der Waals surface area contributed by atoms with E-state index < -0.39 is 8.80 Å². The van der Waals surface area contributed by atoms with Gasteiger partial charge in [-0.2, -0.15) is 0 Å². The SMILES string of the molecule is CCCCC[SiH]1c2ccccc2N(c2ccc3c(c2)C(C)(C)c2cc(C=Cc4ccc(N5c6ccccc6C=Cc6ccccc65)cc4)ccc2-3)c2ccccc21. The first-order valence-corrected chi connectivity index (χ1v) is 22.7. The normalized spacial score (nSPS) is 14.7. The summed E-state index contributed by atoms with van der Waals surface area (Å²) >= 11 is 0. The molecule has 0 spiro atoms. The van der Waals surface area contributed by atoms with Crippen LogP contribution < -0.4 is 20.2 Å². The molecule has 0 unspecified atom stereocenters. The van der Waals surface area contributed by atoms with Crippen LogP contribution in [0.15, 0.2) is 158 Å². The summed E-state index contributed by atoms with van der Waals surface area (Å²) in [5.41, 5.74) is 17.7. The largest absolute Gasteiger partial charge is 0.311 e. The number of benzene rings is 7. The van der Waals surface area contributed by atoms with Crippen LogP contribution in [-0.4, -0.2) is 8.80 Å². The molecule has 3 heteroatoms. The lowest BCUT2D eigenvalue weighted by molar-refractivity contribution is 0.660. The summed E-state index contributed by atoms with van der Waals surface area (Å²) < 4.78 is 0. The van der Waals surface area contributed by atoms with Crippen LogP contribution in [0.3, 0.4) is 0 Å². The van der Waals surface area contributed by atoms with Crippen molar-refractivity contribution in [3.63, 3.8) is 0 Å². The predicted octanol–water partition coefficient (Wildman–Crippen LogP) is 13.4. The maximum absolute atomic E-state index is 2.55. The molecule has 2 nitrogen and oxygen atoms in total. The molecule has 0 N–H and O–H groups in total. The van der Waals surface area contributed by atoms with Gasteiger partial charge >= 0.3 is 0 Å². The third-order valence-corrected chi connectivity index (χ3v) is 16.0. The van der Waals surface area contributed by atoms with E-state index in [2.05, 4.69) is 213 Å². The van der Waals surface area contributed by atoms with Gasteiger partial charge in [0.25, 0.3) is 0 Å². The molecule has 3 aliphatic rings. The summed E-state index contributed by atoms with van der Waals surface area (Å²) in [5, 5.41) is 3.16. The monoisotopic (exact) mass is 752 g/mol. The molecule has 2 aliphatic heterocycles. The van der Waals surface area contributed by atoms with Gasteiger partial charge in [0, 0.05) is 28.2 Å². The van der Waals surface area contributed by atoms with Gasteiger partial charge in [-0.1, -0.05) is 180 Å². The summed E-state index contributed by atoms with van der Waals surface area (Å²) in [4.78, 5) is 4.92. The molecule has 7 aromatic carbocycles. The van der Waals surface area contributed by atoms with Gasteiger partial charge in [-0.05, 0) is 103 Å². The number of hydrogen-bond acceptors (Lipinski definition) is 2. The van der Waals surface area contributed by atoms with Crippen molar-refractivity contribution >= 4 is 77.6 Å². The standard InChI is InChI=1S/C54H48N2Si/c1-4-5-14-35-57-52-21-12-10-19-50(52)56(51-20-11-13-22-53(51)57)43-32-34-45-44-33-27-39(36-46(44)54(2,3)47(45)37-43)24-23-38-25-30-42(31-26-38)55-48-17-8-6-15-40(48)28-29-41-16-7-9-18-49(41)55/h6-13,15-34,36-37,57H,4-5,14,35H2,1-3H3. The second-order valence-corrected chi connectivity index (χ2v) is 19.3. The van der Waals surface area contributed by atoms with Gasteiger partial charge in [-0.3, -0.25) is 0 Å². The van der Waals surface area contributed by atoms with E-state index in [4.69, 9.17) is 0 Å². The zero-order chi connectivity index (χ0) is 38.5. The summed E-state index contributed by atoms with van der Waals surface area (Å²) in [7, 11) is -1.33. The number of anilines is 6. The maximum atomic E-state index is 2.55. The van der Waals surface area contributed by atoms with Crippen LogP contribution >= 0.6 is 0 Å². The summed E-state index contributed by atoms with van der Waals surface area (Å²) in [6.45, 7) is 7.11. The smallest absolute Gasteiger partial charge is 0.108 e. The maximum Gasteiger partial charge on any atom is 0.108 e. The highest BCUT2D eigenvalue weighted by Crippen LogP contribution is 2.51. The Morgan fingerprint density at radius 1 is 0.491 bits per heavy atom. The summed E-state index contributed by atoms with van der Waals surface area (Å²) in [6.07, 6.45) is 12.8. The van der Waals surface area contributed by atoms with Crippen molar-refractivity contribution in [1.82, 2.24) is 0 Å². The van der Waals surface area contributed by atoms with Crippen molar-refractivity contribution in [3.8, 4) is 11.1 Å². The van der Waals surface area contributed by atoms with E-state index in [0.29, 0.717) is 0 Å². The number of rotatable bonds is 8. The number of unbranched alkanes of at least 4 members (excludes halogenated alkanes) is 2. The van der Waals surface area contributed by atoms with Crippen molar-refractivity contribution in [3.05, 3.63) is 191 Å². The predicted molar refractivity (Wildman–Crippen MR) is 248 cm³/mol. The average molecular weight is 753 g/mol. The Balaban J connectivity index is 0.939. The van der Waals surface area contributed by atoms with Gasteiger partial charge in [-0.25, -0.2) is 0 Å². The number of hydrogen-bond donors (Lipinski definition) is 0. The van der Waals surface area contributed by atoms with Crippen LogP contribution in [0.25, 0.3) is 35.4 Å². The van der Waals surface area contributed by atoms with Crippen LogP contribution in [0.1, 0.15) is 73.4 Å². The average Bonchev–Trinajstić information content (AvgIpc) is 3.35. The minimum atomic E-state index is -1.33. The molecular formula is C54H48N2Si. The number of para-hydroxylation sites is 4. The topological polar surface area (TPSA) is 6.48 Å². The highest BCUT2D eigenvalue weighted by molar-refractivity contribution is 6.88. The molecule has 1 aliphatic carbocycles. The third-order valence-electron chi connectivity index (χ3n) is 12.6.